The van der Waals surface area contributed by atoms with Crippen molar-refractivity contribution >= 4 is 22.6 Å². The monoisotopic (exact) mass is 304 g/mol. The number of hydrogen-bond acceptors (Lipinski definition) is 2. The van der Waals surface area contributed by atoms with Crippen LogP contribution in [0.4, 0.5) is 0 Å². The highest BCUT2D eigenvalue weighted by atomic mass is 35.5. The van der Waals surface area contributed by atoms with Crippen LogP contribution in [0.25, 0.3) is 11.0 Å². The van der Waals surface area contributed by atoms with E-state index in [2.05, 4.69) is 12.0 Å². The van der Waals surface area contributed by atoms with Gasteiger partial charge >= 0.3 is 5.69 Å². The minimum Gasteiger partial charge on any atom is -0.292 e. The molecule has 5 nitrogen and oxygen atoms in total. The van der Waals surface area contributed by atoms with E-state index in [-0.39, 0.29) is 5.69 Å². The van der Waals surface area contributed by atoms with Crippen LogP contribution in [0, 0.1) is 0 Å². The van der Waals surface area contributed by atoms with Crippen LogP contribution in [0.5, 0.6) is 0 Å². The number of fused-ring (bicyclic) bond motifs is 1. The Balaban J connectivity index is 2.13. The Labute approximate surface area is 127 Å². The van der Waals surface area contributed by atoms with Crippen molar-refractivity contribution in [2.24, 2.45) is 7.05 Å². The molecule has 21 heavy (non-hydrogen) atoms. The Hall–Kier alpha value is -2.01. The van der Waals surface area contributed by atoms with Crippen LogP contribution in [0.15, 0.2) is 35.1 Å². The molecule has 0 N–H and O–H groups in total. The van der Waals surface area contributed by atoms with Gasteiger partial charge in [0, 0.05) is 19.7 Å². The highest BCUT2D eigenvalue weighted by molar-refractivity contribution is 6.29. The number of aryl methyl sites for hydroxylation is 2. The molecule has 2 heterocycles. The largest absolute Gasteiger partial charge is 0.329 e. The maximum absolute atomic E-state index is 12.6. The van der Waals surface area contributed by atoms with E-state index in [0.717, 1.165) is 29.7 Å². The summed E-state index contributed by atoms with van der Waals surface area (Å²) >= 11 is 6.02. The van der Waals surface area contributed by atoms with Crippen molar-refractivity contribution in [3.8, 4) is 0 Å². The Morgan fingerprint density at radius 3 is 2.43 bits per heavy atom. The fourth-order valence-corrected chi connectivity index (χ4v) is 2.77. The van der Waals surface area contributed by atoms with Gasteiger partial charge in [-0.3, -0.25) is 13.8 Å². The smallest absolute Gasteiger partial charge is 0.292 e. The van der Waals surface area contributed by atoms with Crippen LogP contribution in [0.3, 0.4) is 0 Å². The van der Waals surface area contributed by atoms with E-state index in [1.54, 1.807) is 22.4 Å². The van der Waals surface area contributed by atoms with Gasteiger partial charge < -0.3 is 0 Å². The Kier molecular flexibility index (Phi) is 3.59. The van der Waals surface area contributed by atoms with Crippen molar-refractivity contribution in [1.29, 1.82) is 0 Å². The lowest BCUT2D eigenvalue weighted by Crippen LogP contribution is -2.24. The second-order valence-electron chi connectivity index (χ2n) is 5.09. The first kappa shape index (κ1) is 13.9. The molecule has 0 saturated carbocycles. The lowest BCUT2D eigenvalue weighted by atomic mass is 10.3. The predicted octanol–water partition coefficient (Wildman–Crippen LogP) is 2.65. The molecule has 0 aliphatic rings. The van der Waals surface area contributed by atoms with Gasteiger partial charge in [0.05, 0.1) is 23.3 Å². The number of aromatic nitrogens is 4. The van der Waals surface area contributed by atoms with E-state index in [4.69, 9.17) is 11.6 Å². The molecule has 0 amide bonds. The molecule has 1 aromatic carbocycles. The number of nitrogens with zero attached hydrogens (tertiary/aromatic N) is 4. The molecule has 3 rings (SSSR count). The fourth-order valence-electron chi connectivity index (χ4n) is 2.60. The standard InChI is InChI=1S/C15H17ClN4O/c1-3-8-19-12-6-4-5-7-13(12)20(15(19)21)10-11-9-14(16)18(2)17-11/h4-7,9H,3,8,10H2,1-2H3. The van der Waals surface area contributed by atoms with E-state index in [1.807, 2.05) is 28.8 Å². The molecule has 0 atom stereocenters. The van der Waals surface area contributed by atoms with Crippen LogP contribution in [0.2, 0.25) is 5.15 Å². The van der Waals surface area contributed by atoms with Gasteiger partial charge in [0.2, 0.25) is 0 Å². The van der Waals surface area contributed by atoms with Gasteiger partial charge in [-0.15, -0.1) is 0 Å². The van der Waals surface area contributed by atoms with Crippen molar-refractivity contribution in [3.05, 3.63) is 51.7 Å². The third kappa shape index (κ3) is 2.38. The van der Waals surface area contributed by atoms with Crippen molar-refractivity contribution in [3.63, 3.8) is 0 Å². The van der Waals surface area contributed by atoms with E-state index >= 15 is 0 Å². The number of imidazole rings is 1. The van der Waals surface area contributed by atoms with Crippen LogP contribution >= 0.6 is 11.6 Å². The molecule has 0 aliphatic carbocycles. The SMILES string of the molecule is CCCn1c(=O)n(Cc2cc(Cl)n(C)n2)c2ccccc21. The molecular weight excluding hydrogens is 288 g/mol. The Morgan fingerprint density at radius 2 is 1.86 bits per heavy atom. The van der Waals surface area contributed by atoms with Gasteiger partial charge in [-0.25, -0.2) is 4.79 Å². The molecule has 6 heteroatoms. The lowest BCUT2D eigenvalue weighted by Gasteiger charge is -1.99. The highest BCUT2D eigenvalue weighted by Crippen LogP contribution is 2.16. The zero-order valence-corrected chi connectivity index (χ0v) is 12.8. The summed E-state index contributed by atoms with van der Waals surface area (Å²) in [5, 5.41) is 4.89. The average Bonchev–Trinajstić information content (AvgIpc) is 2.92. The van der Waals surface area contributed by atoms with E-state index in [0.29, 0.717) is 11.7 Å². The molecule has 0 bridgehead atoms. The summed E-state index contributed by atoms with van der Waals surface area (Å²) in [6, 6.07) is 9.64. The second-order valence-corrected chi connectivity index (χ2v) is 5.48. The van der Waals surface area contributed by atoms with Gasteiger partial charge in [0.25, 0.3) is 0 Å². The molecule has 0 spiro atoms. The number of hydrogen-bond donors (Lipinski definition) is 0. The van der Waals surface area contributed by atoms with Crippen LogP contribution in [-0.2, 0) is 20.1 Å². The third-order valence-electron chi connectivity index (χ3n) is 3.57. The Bertz CT molecular complexity index is 824. The summed E-state index contributed by atoms with van der Waals surface area (Å²) in [6.07, 6.45) is 0.920. The topological polar surface area (TPSA) is 44.8 Å². The summed E-state index contributed by atoms with van der Waals surface area (Å²) in [5.74, 6) is 0. The summed E-state index contributed by atoms with van der Waals surface area (Å²) < 4.78 is 5.18. The zero-order chi connectivity index (χ0) is 15.0. The van der Waals surface area contributed by atoms with Crippen molar-refractivity contribution in [2.75, 3.05) is 0 Å². The van der Waals surface area contributed by atoms with Gasteiger partial charge in [-0.1, -0.05) is 30.7 Å². The van der Waals surface area contributed by atoms with Crippen molar-refractivity contribution < 1.29 is 0 Å². The molecule has 0 fully saturated rings. The summed E-state index contributed by atoms with van der Waals surface area (Å²) in [5.41, 5.74) is 2.67. The van der Waals surface area contributed by atoms with Crippen molar-refractivity contribution in [2.45, 2.75) is 26.4 Å². The summed E-state index contributed by atoms with van der Waals surface area (Å²) in [6.45, 7) is 3.21. The predicted molar refractivity (Wildman–Crippen MR) is 83.8 cm³/mol. The number of rotatable bonds is 4. The molecular formula is C15H17ClN4O. The fraction of sp³-hybridized carbons (Fsp3) is 0.333. The second kappa shape index (κ2) is 5.41. The number of benzene rings is 1. The third-order valence-corrected chi connectivity index (χ3v) is 3.92. The first-order valence-corrected chi connectivity index (χ1v) is 7.36. The quantitative estimate of drug-likeness (QED) is 0.744. The molecule has 0 unspecified atom stereocenters. The highest BCUT2D eigenvalue weighted by Gasteiger charge is 2.14. The van der Waals surface area contributed by atoms with Gasteiger partial charge in [-0.05, 0) is 18.6 Å². The normalized spacial score (nSPS) is 11.4. The number of para-hydroxylation sites is 2. The maximum atomic E-state index is 12.6. The average molecular weight is 305 g/mol. The zero-order valence-electron chi connectivity index (χ0n) is 12.1. The van der Waals surface area contributed by atoms with E-state index in [1.165, 1.54) is 0 Å². The number of halogens is 1. The van der Waals surface area contributed by atoms with Gasteiger partial charge in [0.1, 0.15) is 5.15 Å². The minimum atomic E-state index is -0.000162. The molecule has 0 saturated heterocycles. The van der Waals surface area contributed by atoms with Crippen LogP contribution in [0.1, 0.15) is 19.0 Å². The van der Waals surface area contributed by atoms with Gasteiger partial charge in [0.15, 0.2) is 0 Å². The van der Waals surface area contributed by atoms with Gasteiger partial charge in [-0.2, -0.15) is 5.10 Å². The molecule has 3 aromatic rings. The first-order chi connectivity index (χ1) is 10.1. The molecule has 0 radical (unpaired) electrons. The lowest BCUT2D eigenvalue weighted by molar-refractivity contribution is 0.629. The molecule has 0 aliphatic heterocycles. The summed E-state index contributed by atoms with van der Waals surface area (Å²) in [4.78, 5) is 12.6. The molecule has 2 aromatic heterocycles. The minimum absolute atomic E-state index is 0.000162. The van der Waals surface area contributed by atoms with E-state index < -0.39 is 0 Å². The Morgan fingerprint density at radius 1 is 1.19 bits per heavy atom. The summed E-state index contributed by atoms with van der Waals surface area (Å²) in [7, 11) is 1.79. The van der Waals surface area contributed by atoms with Crippen LogP contribution in [-0.4, -0.2) is 18.9 Å². The molecule has 110 valence electrons. The van der Waals surface area contributed by atoms with E-state index in [9.17, 15) is 4.79 Å². The van der Waals surface area contributed by atoms with Crippen LogP contribution < -0.4 is 5.69 Å². The van der Waals surface area contributed by atoms with Crippen molar-refractivity contribution in [1.82, 2.24) is 18.9 Å². The first-order valence-electron chi connectivity index (χ1n) is 6.98. The maximum Gasteiger partial charge on any atom is 0.329 e.